The van der Waals surface area contributed by atoms with Crippen LogP contribution in [0.2, 0.25) is 0 Å². The van der Waals surface area contributed by atoms with Crippen LogP contribution in [0, 0.1) is 11.6 Å². The molecule has 0 bridgehead atoms. The summed E-state index contributed by atoms with van der Waals surface area (Å²) in [5.41, 5.74) is 8.13. The zero-order chi connectivity index (χ0) is 14.0. The average Bonchev–Trinajstić information content (AvgIpc) is 2.84. The van der Waals surface area contributed by atoms with Crippen LogP contribution in [0.5, 0.6) is 0 Å². The lowest BCUT2D eigenvalue weighted by Gasteiger charge is -2.13. The maximum atomic E-state index is 13.3. The van der Waals surface area contributed by atoms with Crippen molar-refractivity contribution in [1.29, 1.82) is 0 Å². The van der Waals surface area contributed by atoms with Gasteiger partial charge >= 0.3 is 0 Å². The highest BCUT2D eigenvalue weighted by atomic mass is 19.2. The standard InChI is InChI=1S/C14H17F2N3/c1-8(2)13-6-14(19-18-13)10(7-17)9-3-4-11(15)12(16)5-9/h3-6,8,10H,7,17H2,1-2H3,(H,18,19). The summed E-state index contributed by atoms with van der Waals surface area (Å²) in [6, 6.07) is 5.77. The molecule has 0 spiro atoms. The smallest absolute Gasteiger partial charge is 0.159 e. The van der Waals surface area contributed by atoms with Crippen molar-refractivity contribution < 1.29 is 8.78 Å². The SMILES string of the molecule is CC(C)c1cc(C(CN)c2ccc(F)c(F)c2)[nH]n1. The molecule has 2 rings (SSSR count). The van der Waals surface area contributed by atoms with Gasteiger partial charge in [-0.2, -0.15) is 5.10 Å². The fourth-order valence-corrected chi connectivity index (χ4v) is 2.00. The molecule has 1 atom stereocenters. The van der Waals surface area contributed by atoms with Crippen molar-refractivity contribution in [2.24, 2.45) is 5.73 Å². The summed E-state index contributed by atoms with van der Waals surface area (Å²) < 4.78 is 26.2. The van der Waals surface area contributed by atoms with E-state index in [1.165, 1.54) is 6.07 Å². The zero-order valence-corrected chi connectivity index (χ0v) is 11.0. The van der Waals surface area contributed by atoms with Crippen LogP contribution in [-0.4, -0.2) is 16.7 Å². The molecule has 1 unspecified atom stereocenters. The van der Waals surface area contributed by atoms with Gasteiger partial charge in [-0.25, -0.2) is 8.78 Å². The summed E-state index contributed by atoms with van der Waals surface area (Å²) in [6.07, 6.45) is 0. The van der Waals surface area contributed by atoms with Crippen LogP contribution in [0.3, 0.4) is 0 Å². The Hall–Kier alpha value is -1.75. The molecular weight excluding hydrogens is 248 g/mol. The third kappa shape index (κ3) is 2.81. The lowest BCUT2D eigenvalue weighted by atomic mass is 9.95. The Bertz CT molecular complexity index is 564. The summed E-state index contributed by atoms with van der Waals surface area (Å²) >= 11 is 0. The molecule has 0 saturated heterocycles. The lowest BCUT2D eigenvalue weighted by Crippen LogP contribution is -2.14. The molecule has 0 aliphatic rings. The molecule has 3 N–H and O–H groups in total. The largest absolute Gasteiger partial charge is 0.329 e. The number of aromatic nitrogens is 2. The molecule has 0 radical (unpaired) electrons. The minimum atomic E-state index is -0.862. The van der Waals surface area contributed by atoms with Crippen molar-refractivity contribution >= 4 is 0 Å². The topological polar surface area (TPSA) is 54.7 Å². The van der Waals surface area contributed by atoms with Crippen LogP contribution in [0.4, 0.5) is 8.78 Å². The van der Waals surface area contributed by atoms with Crippen molar-refractivity contribution in [3.05, 3.63) is 52.9 Å². The minimum absolute atomic E-state index is 0.213. The van der Waals surface area contributed by atoms with Gasteiger partial charge in [0.1, 0.15) is 0 Å². The van der Waals surface area contributed by atoms with Gasteiger partial charge in [0.25, 0.3) is 0 Å². The summed E-state index contributed by atoms with van der Waals surface area (Å²) in [5, 5.41) is 7.13. The quantitative estimate of drug-likeness (QED) is 0.893. The number of halogens is 2. The summed E-state index contributed by atoms with van der Waals surface area (Å²) in [6.45, 7) is 4.37. The molecule has 0 amide bonds. The van der Waals surface area contributed by atoms with E-state index < -0.39 is 11.6 Å². The van der Waals surface area contributed by atoms with Gasteiger partial charge in [0.15, 0.2) is 11.6 Å². The minimum Gasteiger partial charge on any atom is -0.329 e. The first-order valence-corrected chi connectivity index (χ1v) is 6.23. The van der Waals surface area contributed by atoms with Crippen LogP contribution in [0.15, 0.2) is 24.3 Å². The third-order valence-corrected chi connectivity index (χ3v) is 3.17. The second-order valence-corrected chi connectivity index (χ2v) is 4.86. The number of hydrogen-bond donors (Lipinski definition) is 2. The van der Waals surface area contributed by atoms with Crippen LogP contribution >= 0.6 is 0 Å². The number of H-pyrrole nitrogens is 1. The first-order valence-electron chi connectivity index (χ1n) is 6.23. The maximum Gasteiger partial charge on any atom is 0.159 e. The van der Waals surface area contributed by atoms with E-state index in [1.807, 2.05) is 19.9 Å². The lowest BCUT2D eigenvalue weighted by molar-refractivity contribution is 0.506. The van der Waals surface area contributed by atoms with Crippen LogP contribution in [0.25, 0.3) is 0 Å². The average molecular weight is 265 g/mol. The molecule has 1 aromatic carbocycles. The molecule has 0 saturated carbocycles. The Kier molecular flexibility index (Phi) is 3.95. The first kappa shape index (κ1) is 13.7. The first-order chi connectivity index (χ1) is 9.02. The van der Waals surface area contributed by atoms with E-state index in [2.05, 4.69) is 10.2 Å². The van der Waals surface area contributed by atoms with E-state index in [1.54, 1.807) is 6.07 Å². The van der Waals surface area contributed by atoms with Crippen molar-refractivity contribution in [2.45, 2.75) is 25.7 Å². The number of nitrogens with zero attached hydrogens (tertiary/aromatic N) is 1. The van der Waals surface area contributed by atoms with E-state index in [0.717, 1.165) is 17.5 Å². The van der Waals surface area contributed by atoms with Gasteiger partial charge in [-0.1, -0.05) is 19.9 Å². The predicted molar refractivity (Wildman–Crippen MR) is 69.9 cm³/mol. The van der Waals surface area contributed by atoms with Crippen LogP contribution < -0.4 is 5.73 Å². The van der Waals surface area contributed by atoms with Gasteiger partial charge in [-0.3, -0.25) is 5.10 Å². The van der Waals surface area contributed by atoms with E-state index in [0.29, 0.717) is 18.0 Å². The Morgan fingerprint density at radius 2 is 1.95 bits per heavy atom. The second-order valence-electron chi connectivity index (χ2n) is 4.86. The highest BCUT2D eigenvalue weighted by Crippen LogP contribution is 2.25. The highest BCUT2D eigenvalue weighted by molar-refractivity contribution is 5.31. The van der Waals surface area contributed by atoms with E-state index in [9.17, 15) is 8.78 Å². The number of hydrogen-bond acceptors (Lipinski definition) is 2. The Morgan fingerprint density at radius 1 is 1.21 bits per heavy atom. The zero-order valence-electron chi connectivity index (χ0n) is 11.0. The molecule has 5 heteroatoms. The molecule has 2 aromatic rings. The molecule has 3 nitrogen and oxygen atoms in total. The van der Waals surface area contributed by atoms with E-state index in [4.69, 9.17) is 5.73 Å². The van der Waals surface area contributed by atoms with Gasteiger partial charge in [-0.15, -0.1) is 0 Å². The second kappa shape index (κ2) is 5.48. The van der Waals surface area contributed by atoms with E-state index in [-0.39, 0.29) is 5.92 Å². The monoisotopic (exact) mass is 265 g/mol. The molecule has 102 valence electrons. The molecular formula is C14H17F2N3. The fourth-order valence-electron chi connectivity index (χ4n) is 2.00. The van der Waals surface area contributed by atoms with Crippen LogP contribution in [-0.2, 0) is 0 Å². The normalized spacial score (nSPS) is 12.9. The molecule has 0 fully saturated rings. The van der Waals surface area contributed by atoms with Gasteiger partial charge in [0, 0.05) is 18.2 Å². The number of benzene rings is 1. The molecule has 0 aliphatic carbocycles. The maximum absolute atomic E-state index is 13.3. The van der Waals surface area contributed by atoms with Gasteiger partial charge in [-0.05, 0) is 29.7 Å². The Labute approximate surface area is 110 Å². The number of rotatable bonds is 4. The third-order valence-electron chi connectivity index (χ3n) is 3.17. The van der Waals surface area contributed by atoms with Gasteiger partial charge in [0.05, 0.1) is 5.69 Å². The van der Waals surface area contributed by atoms with Gasteiger partial charge in [0.2, 0.25) is 0 Å². The molecule has 1 aromatic heterocycles. The van der Waals surface area contributed by atoms with Crippen molar-refractivity contribution in [2.75, 3.05) is 6.54 Å². The number of nitrogens with one attached hydrogen (secondary N) is 1. The fraction of sp³-hybridized carbons (Fsp3) is 0.357. The van der Waals surface area contributed by atoms with Crippen molar-refractivity contribution in [3.8, 4) is 0 Å². The van der Waals surface area contributed by atoms with Gasteiger partial charge < -0.3 is 5.73 Å². The molecule has 1 heterocycles. The summed E-state index contributed by atoms with van der Waals surface area (Å²) in [4.78, 5) is 0. The van der Waals surface area contributed by atoms with E-state index >= 15 is 0 Å². The molecule has 0 aliphatic heterocycles. The predicted octanol–water partition coefficient (Wildman–Crippen LogP) is 2.90. The van der Waals surface area contributed by atoms with Crippen molar-refractivity contribution in [3.63, 3.8) is 0 Å². The highest BCUT2D eigenvalue weighted by Gasteiger charge is 2.17. The number of aromatic amines is 1. The molecule has 19 heavy (non-hydrogen) atoms. The Balaban J connectivity index is 2.35. The summed E-state index contributed by atoms with van der Waals surface area (Å²) in [7, 11) is 0. The Morgan fingerprint density at radius 3 is 2.47 bits per heavy atom. The summed E-state index contributed by atoms with van der Waals surface area (Å²) in [5.74, 6) is -1.63. The van der Waals surface area contributed by atoms with Crippen molar-refractivity contribution in [1.82, 2.24) is 10.2 Å². The number of nitrogens with two attached hydrogens (primary N) is 1. The van der Waals surface area contributed by atoms with Crippen LogP contribution in [0.1, 0.15) is 42.6 Å².